The number of likely N-dealkylation sites (N-methyl/N-ethyl adjacent to an activating group) is 1. The van der Waals surface area contributed by atoms with E-state index in [1.165, 1.54) is 23.5 Å². The SMILES string of the molecule is Cc1cc(C)cc(OCCN(C)S(=O)(=O)c2ccc(C)c(C(N)=O)c2)c1. The van der Waals surface area contributed by atoms with E-state index in [1.54, 1.807) is 13.0 Å². The molecular weight excluding hydrogens is 352 g/mol. The molecule has 2 rings (SSSR count). The lowest BCUT2D eigenvalue weighted by molar-refractivity contribution is 0.0999. The summed E-state index contributed by atoms with van der Waals surface area (Å²) in [6.07, 6.45) is 0. The Kier molecular flexibility index (Phi) is 6.05. The predicted octanol–water partition coefficient (Wildman–Crippen LogP) is 2.41. The normalized spacial score (nSPS) is 11.6. The van der Waals surface area contributed by atoms with E-state index in [4.69, 9.17) is 10.5 Å². The lowest BCUT2D eigenvalue weighted by Crippen LogP contribution is -2.31. The highest BCUT2D eigenvalue weighted by atomic mass is 32.2. The first-order valence-corrected chi connectivity index (χ1v) is 9.63. The molecule has 0 aromatic heterocycles. The number of nitrogens with zero attached hydrogens (tertiary/aromatic N) is 1. The van der Waals surface area contributed by atoms with Gasteiger partial charge in [0.1, 0.15) is 12.4 Å². The van der Waals surface area contributed by atoms with Gasteiger partial charge in [-0.05, 0) is 61.7 Å². The van der Waals surface area contributed by atoms with Crippen LogP contribution in [-0.4, -0.2) is 38.8 Å². The smallest absolute Gasteiger partial charge is 0.249 e. The molecule has 0 bridgehead atoms. The van der Waals surface area contributed by atoms with Crippen molar-refractivity contribution in [3.8, 4) is 5.75 Å². The van der Waals surface area contributed by atoms with Crippen LogP contribution >= 0.6 is 0 Å². The zero-order valence-corrected chi connectivity index (χ0v) is 16.3. The average molecular weight is 376 g/mol. The summed E-state index contributed by atoms with van der Waals surface area (Å²) in [6.45, 7) is 6.05. The quantitative estimate of drug-likeness (QED) is 0.803. The number of primary amides is 1. The van der Waals surface area contributed by atoms with Gasteiger partial charge in [0.15, 0.2) is 0 Å². The van der Waals surface area contributed by atoms with Crippen molar-refractivity contribution in [3.63, 3.8) is 0 Å². The molecule has 0 atom stereocenters. The summed E-state index contributed by atoms with van der Waals surface area (Å²) in [5, 5.41) is 0. The molecule has 0 saturated carbocycles. The number of ether oxygens (including phenoxy) is 1. The molecule has 1 amide bonds. The Bertz CT molecular complexity index is 903. The molecular formula is C19H24N2O4S. The van der Waals surface area contributed by atoms with Crippen LogP contribution in [0.15, 0.2) is 41.3 Å². The number of carbonyl (C=O) groups is 1. The fraction of sp³-hybridized carbons (Fsp3) is 0.316. The molecule has 0 fully saturated rings. The van der Waals surface area contributed by atoms with Gasteiger partial charge in [0.05, 0.1) is 4.90 Å². The van der Waals surface area contributed by atoms with Crippen LogP contribution in [0.2, 0.25) is 0 Å². The monoisotopic (exact) mass is 376 g/mol. The third kappa shape index (κ3) is 4.62. The minimum Gasteiger partial charge on any atom is -0.492 e. The van der Waals surface area contributed by atoms with Crippen molar-refractivity contribution < 1.29 is 17.9 Å². The van der Waals surface area contributed by atoms with Gasteiger partial charge in [-0.1, -0.05) is 12.1 Å². The van der Waals surface area contributed by atoms with E-state index in [9.17, 15) is 13.2 Å². The van der Waals surface area contributed by atoms with Crippen LogP contribution in [0.1, 0.15) is 27.0 Å². The molecule has 0 saturated heterocycles. The molecule has 2 N–H and O–H groups in total. The Morgan fingerprint density at radius 3 is 2.27 bits per heavy atom. The lowest BCUT2D eigenvalue weighted by Gasteiger charge is -2.18. The second-order valence-electron chi connectivity index (χ2n) is 6.34. The molecule has 6 nitrogen and oxygen atoms in total. The van der Waals surface area contributed by atoms with Gasteiger partial charge in [-0.15, -0.1) is 0 Å². The maximum Gasteiger partial charge on any atom is 0.249 e. The highest BCUT2D eigenvalue weighted by Crippen LogP contribution is 2.19. The summed E-state index contributed by atoms with van der Waals surface area (Å²) < 4.78 is 32.2. The molecule has 0 spiro atoms. The fourth-order valence-electron chi connectivity index (χ4n) is 2.64. The van der Waals surface area contributed by atoms with E-state index in [2.05, 4.69) is 0 Å². The molecule has 0 aliphatic heterocycles. The maximum atomic E-state index is 12.7. The van der Waals surface area contributed by atoms with Crippen molar-refractivity contribution in [2.24, 2.45) is 5.73 Å². The number of benzene rings is 2. The molecule has 0 aliphatic rings. The molecule has 0 aliphatic carbocycles. The topological polar surface area (TPSA) is 89.7 Å². The Morgan fingerprint density at radius 1 is 1.08 bits per heavy atom. The Morgan fingerprint density at radius 2 is 1.69 bits per heavy atom. The Balaban J connectivity index is 2.09. The number of amides is 1. The van der Waals surface area contributed by atoms with E-state index >= 15 is 0 Å². The standard InChI is InChI=1S/C19H24N2O4S/c1-13-9-14(2)11-16(10-13)25-8-7-21(4)26(23,24)17-6-5-15(3)18(12-17)19(20)22/h5-6,9-12H,7-8H2,1-4H3,(H2,20,22). The largest absolute Gasteiger partial charge is 0.492 e. The van der Waals surface area contributed by atoms with Crippen molar-refractivity contribution in [1.29, 1.82) is 0 Å². The first-order valence-electron chi connectivity index (χ1n) is 8.19. The number of hydrogen-bond donors (Lipinski definition) is 1. The van der Waals surface area contributed by atoms with Crippen LogP contribution in [0.25, 0.3) is 0 Å². The summed E-state index contributed by atoms with van der Waals surface area (Å²) in [5.41, 5.74) is 8.31. The van der Waals surface area contributed by atoms with Gasteiger partial charge in [-0.3, -0.25) is 4.79 Å². The van der Waals surface area contributed by atoms with Gasteiger partial charge in [0.2, 0.25) is 15.9 Å². The van der Waals surface area contributed by atoms with Gasteiger partial charge in [-0.25, -0.2) is 8.42 Å². The van der Waals surface area contributed by atoms with Crippen LogP contribution in [0.3, 0.4) is 0 Å². The van der Waals surface area contributed by atoms with Gasteiger partial charge < -0.3 is 10.5 Å². The molecule has 2 aromatic rings. The van der Waals surface area contributed by atoms with Crippen molar-refractivity contribution in [3.05, 3.63) is 58.7 Å². The molecule has 2 aromatic carbocycles. The van der Waals surface area contributed by atoms with Crippen LogP contribution < -0.4 is 10.5 Å². The van der Waals surface area contributed by atoms with Crippen molar-refractivity contribution in [1.82, 2.24) is 4.31 Å². The lowest BCUT2D eigenvalue weighted by atomic mass is 10.1. The number of aryl methyl sites for hydroxylation is 3. The number of hydrogen-bond acceptors (Lipinski definition) is 4. The summed E-state index contributed by atoms with van der Waals surface area (Å²) in [5.74, 6) is 0.0556. The molecule has 26 heavy (non-hydrogen) atoms. The van der Waals surface area contributed by atoms with Gasteiger partial charge in [0, 0.05) is 19.2 Å². The predicted molar refractivity (Wildman–Crippen MR) is 101 cm³/mol. The van der Waals surface area contributed by atoms with E-state index < -0.39 is 15.9 Å². The van der Waals surface area contributed by atoms with Crippen LogP contribution in [0, 0.1) is 20.8 Å². The summed E-state index contributed by atoms with van der Waals surface area (Å²) in [6, 6.07) is 10.2. The zero-order valence-electron chi connectivity index (χ0n) is 15.4. The highest BCUT2D eigenvalue weighted by molar-refractivity contribution is 7.89. The number of rotatable bonds is 7. The van der Waals surface area contributed by atoms with Crippen molar-refractivity contribution in [2.75, 3.05) is 20.2 Å². The number of carbonyl (C=O) groups excluding carboxylic acids is 1. The third-order valence-electron chi connectivity index (χ3n) is 4.05. The second kappa shape index (κ2) is 7.88. The summed E-state index contributed by atoms with van der Waals surface area (Å²) in [4.78, 5) is 11.5. The minimum atomic E-state index is -3.74. The molecule has 0 radical (unpaired) electrons. The first-order chi connectivity index (χ1) is 12.1. The average Bonchev–Trinajstić information content (AvgIpc) is 2.53. The van der Waals surface area contributed by atoms with E-state index in [0.717, 1.165) is 11.1 Å². The number of sulfonamides is 1. The number of nitrogens with two attached hydrogens (primary N) is 1. The van der Waals surface area contributed by atoms with Gasteiger partial charge in [0.25, 0.3) is 0 Å². The molecule has 0 heterocycles. The Hall–Kier alpha value is -2.38. The Labute approximate surface area is 154 Å². The van der Waals surface area contributed by atoms with Crippen LogP contribution in [-0.2, 0) is 10.0 Å². The molecule has 140 valence electrons. The van der Waals surface area contributed by atoms with Gasteiger partial charge in [-0.2, -0.15) is 4.31 Å². The maximum absolute atomic E-state index is 12.7. The van der Waals surface area contributed by atoms with Crippen LogP contribution in [0.5, 0.6) is 5.75 Å². The van der Waals surface area contributed by atoms with Crippen LogP contribution in [0.4, 0.5) is 0 Å². The molecule has 0 unspecified atom stereocenters. The zero-order chi connectivity index (χ0) is 19.5. The second-order valence-corrected chi connectivity index (χ2v) is 8.38. The summed E-state index contributed by atoms with van der Waals surface area (Å²) >= 11 is 0. The van der Waals surface area contributed by atoms with E-state index in [-0.39, 0.29) is 23.6 Å². The fourth-order valence-corrected chi connectivity index (χ4v) is 3.82. The minimum absolute atomic E-state index is 0.0331. The third-order valence-corrected chi connectivity index (χ3v) is 5.91. The van der Waals surface area contributed by atoms with Gasteiger partial charge >= 0.3 is 0 Å². The summed E-state index contributed by atoms with van der Waals surface area (Å²) in [7, 11) is -2.26. The van der Waals surface area contributed by atoms with E-state index in [1.807, 2.05) is 32.0 Å². The van der Waals surface area contributed by atoms with E-state index in [0.29, 0.717) is 11.3 Å². The first kappa shape index (κ1) is 19.9. The van der Waals surface area contributed by atoms with Crippen molar-refractivity contribution >= 4 is 15.9 Å². The van der Waals surface area contributed by atoms with Crippen molar-refractivity contribution in [2.45, 2.75) is 25.7 Å². The molecule has 7 heteroatoms. The highest BCUT2D eigenvalue weighted by Gasteiger charge is 2.22.